The molecule has 0 amide bonds. The van der Waals surface area contributed by atoms with Crippen LogP contribution in [0.2, 0.25) is 20.1 Å². The number of likely N-dealkylation sites (tertiary alicyclic amines) is 6. The van der Waals surface area contributed by atoms with Crippen LogP contribution in [0.3, 0.4) is 0 Å². The molecule has 0 spiro atoms. The fourth-order valence-corrected chi connectivity index (χ4v) is 28.2. The number of aryl methyl sites for hydroxylation is 2. The minimum atomic E-state index is -0.113. The summed E-state index contributed by atoms with van der Waals surface area (Å²) in [6.45, 7) is 16.9. The smallest absolute Gasteiger partial charge is 0.306 e. The van der Waals surface area contributed by atoms with E-state index >= 15 is 0 Å². The van der Waals surface area contributed by atoms with Crippen LogP contribution in [0.5, 0.6) is 0 Å². The monoisotopic (exact) mass is 1890 g/mol. The van der Waals surface area contributed by atoms with Gasteiger partial charge in [0.25, 0.3) is 0 Å². The number of carbonyl (C=O) groups is 1. The number of methoxy groups -OCH3 is 1. The molecule has 2 unspecified atom stereocenters. The highest BCUT2D eigenvalue weighted by Gasteiger charge is 2.45. The van der Waals surface area contributed by atoms with Gasteiger partial charge in [-0.1, -0.05) is 253 Å². The van der Waals surface area contributed by atoms with E-state index in [1.165, 1.54) is 303 Å². The largest absolute Gasteiger partial charge is 0.469 e. The lowest BCUT2D eigenvalue weighted by atomic mass is 9.88. The Balaban J connectivity index is 0.000000101. The third-order valence-corrected chi connectivity index (χ3v) is 35.2. The van der Waals surface area contributed by atoms with Gasteiger partial charge < -0.3 is 4.74 Å². The number of ether oxygens (including phenoxy) is 1. The van der Waals surface area contributed by atoms with E-state index in [-0.39, 0.29) is 5.97 Å². The van der Waals surface area contributed by atoms with Crippen LogP contribution in [0.4, 0.5) is 0 Å². The Morgan fingerprint density at radius 3 is 1.12 bits per heavy atom. The SMILES string of the molecule is COC(=O)CCN1CCC[C@H]2CC1c1cc(-c3ccc(C)cc3)ccc12.Cc1ccc(-c2ccc3c(c2)C2C[C@@H]3CCCN2C2CCCC2)cc1.Clc1ccc2c(c1)[C@H]1C[C@@H]2CCCN1CC1CCCCC1.Clc1ccc2c(c1)[C@H]1C[C@@H]2CCCN1Cc1ccccc1.Clc1ccc2c(c1)[C@H]1C[C@@H]2CCCN1Cc1cccnc1.Clc1ccc2c(c1)[C@H]1C[C@H]2CCCN1CCc1ccccc1. The second-order valence-corrected chi connectivity index (χ2v) is 44.4. The quantitative estimate of drug-likeness (QED) is 0.0934. The van der Waals surface area contributed by atoms with Crippen LogP contribution in [0.1, 0.15) is 346 Å². The molecule has 1 aromatic heterocycles. The summed E-state index contributed by atoms with van der Waals surface area (Å²) in [4.78, 5) is 32.0. The summed E-state index contributed by atoms with van der Waals surface area (Å²) in [7, 11) is 1.47. The summed E-state index contributed by atoms with van der Waals surface area (Å²) in [6, 6.07) is 88.4. The Labute approximate surface area is 832 Å². The van der Waals surface area contributed by atoms with Crippen molar-refractivity contribution in [3.63, 3.8) is 0 Å². The predicted molar refractivity (Wildman–Crippen MR) is 564 cm³/mol. The van der Waals surface area contributed by atoms with Crippen molar-refractivity contribution in [1.82, 2.24) is 34.4 Å². The summed E-state index contributed by atoms with van der Waals surface area (Å²) in [5.41, 5.74) is 30.6. The van der Waals surface area contributed by atoms with Crippen molar-refractivity contribution in [2.24, 2.45) is 5.92 Å². The number of rotatable bonds is 15. The van der Waals surface area contributed by atoms with Crippen LogP contribution in [0.25, 0.3) is 22.3 Å². The first-order chi connectivity index (χ1) is 66.7. The molecule has 6 aliphatic heterocycles. The molecule has 10 aromatic carbocycles. The van der Waals surface area contributed by atoms with Crippen LogP contribution < -0.4 is 0 Å². The number of fused-ring (bicyclic) bond motifs is 30. The second-order valence-electron chi connectivity index (χ2n) is 42.7. The number of pyridine rings is 1. The number of aromatic nitrogens is 1. The van der Waals surface area contributed by atoms with Crippen LogP contribution in [-0.2, 0) is 29.0 Å². The van der Waals surface area contributed by atoms with Gasteiger partial charge in [0, 0.05) is 108 Å². The molecule has 0 N–H and O–H groups in total. The number of nitrogens with zero attached hydrogens (tertiary/aromatic N) is 7. The molecule has 2 saturated carbocycles. The lowest BCUT2D eigenvalue weighted by Crippen LogP contribution is -2.36. The molecule has 25 rings (SSSR count). The first kappa shape index (κ1) is 95.3. The predicted octanol–water partition coefficient (Wildman–Crippen LogP) is 31.6. The molecule has 0 radical (unpaired) electrons. The molecule has 12 atom stereocenters. The maximum atomic E-state index is 11.6. The lowest BCUT2D eigenvalue weighted by Gasteiger charge is -2.34. The Hall–Kier alpha value is -8.26. The first-order valence-corrected chi connectivity index (χ1v) is 54.3. The molecule has 7 heterocycles. The Kier molecular flexibility index (Phi) is 31.3. The van der Waals surface area contributed by atoms with E-state index in [9.17, 15) is 4.79 Å². The highest BCUT2D eigenvalue weighted by atomic mass is 35.5. The normalized spacial score (nSPS) is 25.2. The van der Waals surface area contributed by atoms with Crippen LogP contribution in [0.15, 0.2) is 243 Å². The number of halogens is 4. The molecule has 9 nitrogen and oxygen atoms in total. The molecule has 12 bridgehead atoms. The Morgan fingerprint density at radius 1 is 0.324 bits per heavy atom. The zero-order valence-electron chi connectivity index (χ0n) is 80.9. The van der Waals surface area contributed by atoms with Crippen molar-refractivity contribution in [3.05, 3.63) is 358 Å². The number of benzene rings is 10. The molecular weight excluding hydrogens is 1750 g/mol. The molecule has 710 valence electrons. The van der Waals surface area contributed by atoms with E-state index in [0.29, 0.717) is 48.6 Å². The van der Waals surface area contributed by atoms with E-state index in [0.717, 1.165) is 101 Å². The van der Waals surface area contributed by atoms with Gasteiger partial charge >= 0.3 is 5.97 Å². The van der Waals surface area contributed by atoms with E-state index in [1.54, 1.807) is 33.4 Å². The lowest BCUT2D eigenvalue weighted by molar-refractivity contribution is -0.141. The fraction of sp³-hybridized carbons (Fsp3) is 0.463. The molecule has 13 heteroatoms. The van der Waals surface area contributed by atoms with Gasteiger partial charge in [-0.15, -0.1) is 0 Å². The van der Waals surface area contributed by atoms with E-state index < -0.39 is 0 Å². The zero-order valence-corrected chi connectivity index (χ0v) is 83.9. The standard InChI is InChI=1S/C24H29N.C23H27NO2.C20H22ClN.C19H26ClN.C19H20ClN.C18H19ClN2/c1-17-8-10-18(11-9-17)19-12-13-22-20-5-4-14-25(21-6-2-3-7-21)24(16-20)23(22)15-19;1-16-5-7-17(8-6-16)18-9-10-20-19-4-3-12-24(13-11-23(25)26-2)22(15-19)21(20)14-18;21-17-8-9-18-16-7-4-11-22(20(13-16)19(18)14-17)12-10-15-5-2-1-3-6-15;2*20-16-8-9-17-15-7-4-10-21(19(11-15)18(17)12-16)13-14-5-2-1-3-6-14;19-15-5-6-16-14-4-2-8-21(18(9-14)17(16)10-15)12-13-3-1-7-20-11-13/h8-13,15,20-21,24H,2-7,14,16H2,1H3;5-10,14,19,22H,3-4,11-13,15H2,1-2H3;1-3,5-6,8-9,14,16,20H,4,7,10-13H2;8-9,12,14-15,19H,1-7,10-11,13H2;1-3,5-6,8-9,12,15,19H,4,7,10-11,13H2;1,3,5-7,10-11,14,18H,2,4,8-9,12H2/t20-,24?;19-,22?;16-,20-;2*15-,19+;14-,18+/m001000/s1. The van der Waals surface area contributed by atoms with Crippen molar-refractivity contribution in [2.75, 3.05) is 66.0 Å². The second kappa shape index (κ2) is 44.7. The topological polar surface area (TPSA) is 58.6 Å². The van der Waals surface area contributed by atoms with Crippen LogP contribution in [0, 0.1) is 19.8 Å². The summed E-state index contributed by atoms with van der Waals surface area (Å²) >= 11 is 25.0. The van der Waals surface area contributed by atoms with Crippen molar-refractivity contribution in [1.29, 1.82) is 0 Å². The van der Waals surface area contributed by atoms with Crippen molar-refractivity contribution in [2.45, 2.75) is 291 Å². The number of hydrogen-bond donors (Lipinski definition) is 0. The average Bonchev–Trinajstić information content (AvgIpc) is 1.63. The fourth-order valence-electron chi connectivity index (χ4n) is 27.4. The van der Waals surface area contributed by atoms with Gasteiger partial charge in [0.15, 0.2) is 0 Å². The van der Waals surface area contributed by atoms with E-state index in [1.807, 2.05) is 24.5 Å². The van der Waals surface area contributed by atoms with E-state index in [2.05, 4.69) is 267 Å². The molecule has 14 aliphatic rings. The van der Waals surface area contributed by atoms with Gasteiger partial charge in [0.05, 0.1) is 13.5 Å². The molecule has 8 fully saturated rings. The molecule has 136 heavy (non-hydrogen) atoms. The first-order valence-electron chi connectivity index (χ1n) is 52.8. The summed E-state index contributed by atoms with van der Waals surface area (Å²) < 4.78 is 4.84. The minimum absolute atomic E-state index is 0.113. The van der Waals surface area contributed by atoms with Gasteiger partial charge in [-0.05, 0) is 415 Å². The van der Waals surface area contributed by atoms with Gasteiger partial charge in [-0.3, -0.25) is 39.2 Å². The summed E-state index contributed by atoms with van der Waals surface area (Å²) in [5.74, 6) is 5.31. The van der Waals surface area contributed by atoms with Gasteiger partial charge in [-0.2, -0.15) is 0 Å². The molecule has 6 saturated heterocycles. The number of hydrogen-bond acceptors (Lipinski definition) is 9. The number of carbonyl (C=O) groups excluding carboxylic acids is 1. The van der Waals surface area contributed by atoms with E-state index in [4.69, 9.17) is 51.1 Å². The maximum Gasteiger partial charge on any atom is 0.306 e. The third-order valence-electron chi connectivity index (χ3n) is 34.3. The third kappa shape index (κ3) is 22.2. The highest BCUT2D eigenvalue weighted by molar-refractivity contribution is 6.31. The van der Waals surface area contributed by atoms with Gasteiger partial charge in [0.2, 0.25) is 0 Å². The Bertz CT molecular complexity index is 5710. The molecule has 11 aromatic rings. The maximum absolute atomic E-state index is 11.6. The molecule has 8 aliphatic carbocycles. The Morgan fingerprint density at radius 2 is 0.676 bits per heavy atom. The zero-order chi connectivity index (χ0) is 92.5. The number of esters is 1. The van der Waals surface area contributed by atoms with Crippen LogP contribution in [-0.4, -0.2) is 112 Å². The average molecular weight is 1890 g/mol. The molecular formula is C123H143Cl4N7O2. The highest BCUT2D eigenvalue weighted by Crippen LogP contribution is 2.56. The van der Waals surface area contributed by atoms with Crippen molar-refractivity contribution in [3.8, 4) is 22.3 Å². The summed E-state index contributed by atoms with van der Waals surface area (Å²) in [6.07, 6.45) is 41.9. The van der Waals surface area contributed by atoms with Gasteiger partial charge in [-0.25, -0.2) is 0 Å². The van der Waals surface area contributed by atoms with Crippen LogP contribution >= 0.6 is 46.4 Å². The van der Waals surface area contributed by atoms with Crippen molar-refractivity contribution >= 4 is 52.4 Å². The van der Waals surface area contributed by atoms with Gasteiger partial charge in [0.1, 0.15) is 0 Å². The summed E-state index contributed by atoms with van der Waals surface area (Å²) in [5, 5.41) is 3.53. The van der Waals surface area contributed by atoms with Crippen molar-refractivity contribution < 1.29 is 9.53 Å². The minimum Gasteiger partial charge on any atom is -0.469 e.